The van der Waals surface area contributed by atoms with E-state index in [9.17, 15) is 10.2 Å². The molecule has 194 valence electrons. The Morgan fingerprint density at radius 3 is 1.51 bits per heavy atom. The van der Waals surface area contributed by atoms with Crippen molar-refractivity contribution in [3.05, 3.63) is 59.7 Å². The van der Waals surface area contributed by atoms with Gasteiger partial charge in [-0.1, -0.05) is 134 Å². The first kappa shape index (κ1) is 27.6. The zero-order chi connectivity index (χ0) is 24.8. The van der Waals surface area contributed by atoms with Crippen LogP contribution in [0.3, 0.4) is 0 Å². The molecule has 2 nitrogen and oxygen atoms in total. The average Bonchev–Trinajstić information content (AvgIpc) is 2.88. The zero-order valence-corrected chi connectivity index (χ0v) is 22.3. The van der Waals surface area contributed by atoms with Crippen LogP contribution in [-0.2, 0) is 5.41 Å². The lowest BCUT2D eigenvalue weighted by Crippen LogP contribution is -2.34. The van der Waals surface area contributed by atoms with Crippen LogP contribution in [0.25, 0.3) is 0 Å². The molecule has 0 spiro atoms. The first-order valence-corrected chi connectivity index (χ1v) is 14.7. The smallest absolute Gasteiger partial charge is 0.115 e. The van der Waals surface area contributed by atoms with Gasteiger partial charge in [0.2, 0.25) is 0 Å². The quantitative estimate of drug-likeness (QED) is 0.236. The van der Waals surface area contributed by atoms with Gasteiger partial charge in [0.25, 0.3) is 0 Å². The molecule has 1 aliphatic carbocycles. The van der Waals surface area contributed by atoms with Crippen LogP contribution in [0.4, 0.5) is 0 Å². The van der Waals surface area contributed by atoms with E-state index in [1.807, 2.05) is 24.3 Å². The van der Waals surface area contributed by atoms with Crippen molar-refractivity contribution >= 4 is 0 Å². The molecule has 0 saturated heterocycles. The summed E-state index contributed by atoms with van der Waals surface area (Å²) in [6.07, 6.45) is 24.5. The maximum Gasteiger partial charge on any atom is 0.115 e. The van der Waals surface area contributed by atoms with Crippen molar-refractivity contribution in [3.8, 4) is 11.5 Å². The van der Waals surface area contributed by atoms with Crippen LogP contribution in [0.5, 0.6) is 11.5 Å². The number of aromatic hydroxyl groups is 2. The lowest BCUT2D eigenvalue weighted by atomic mass is 9.61. The summed E-state index contributed by atoms with van der Waals surface area (Å²) in [5.41, 5.74) is 2.59. The van der Waals surface area contributed by atoms with Crippen molar-refractivity contribution in [3.63, 3.8) is 0 Å². The average molecular weight is 479 g/mol. The summed E-state index contributed by atoms with van der Waals surface area (Å²) in [6.45, 7) is 2.29. The molecule has 35 heavy (non-hydrogen) atoms. The predicted molar refractivity (Wildman–Crippen MR) is 149 cm³/mol. The summed E-state index contributed by atoms with van der Waals surface area (Å²) in [7, 11) is 0. The van der Waals surface area contributed by atoms with Crippen LogP contribution in [-0.4, -0.2) is 10.2 Å². The predicted octanol–water partition coefficient (Wildman–Crippen LogP) is 10.1. The van der Waals surface area contributed by atoms with Gasteiger partial charge < -0.3 is 10.2 Å². The van der Waals surface area contributed by atoms with E-state index in [1.165, 1.54) is 120 Å². The van der Waals surface area contributed by atoms with Crippen LogP contribution < -0.4 is 0 Å². The molecule has 0 bridgehead atoms. The summed E-state index contributed by atoms with van der Waals surface area (Å²) in [4.78, 5) is 0. The third-order valence-electron chi connectivity index (χ3n) is 8.41. The highest BCUT2D eigenvalue weighted by Crippen LogP contribution is 2.48. The van der Waals surface area contributed by atoms with Gasteiger partial charge in [0.15, 0.2) is 0 Å². The highest BCUT2D eigenvalue weighted by molar-refractivity contribution is 5.43. The number of benzene rings is 2. The molecule has 1 unspecified atom stereocenters. The maximum atomic E-state index is 9.85. The maximum absolute atomic E-state index is 9.85. The van der Waals surface area contributed by atoms with Gasteiger partial charge >= 0.3 is 0 Å². The van der Waals surface area contributed by atoms with Gasteiger partial charge in [0, 0.05) is 5.41 Å². The molecule has 3 rings (SSSR count). The zero-order valence-electron chi connectivity index (χ0n) is 22.3. The van der Waals surface area contributed by atoms with Crippen molar-refractivity contribution in [2.75, 3.05) is 0 Å². The number of phenolic OH excluding ortho intramolecular Hbond substituents is 2. The monoisotopic (exact) mass is 478 g/mol. The first-order valence-electron chi connectivity index (χ1n) is 14.7. The molecule has 1 fully saturated rings. The lowest BCUT2D eigenvalue weighted by molar-refractivity contribution is 0.240. The lowest BCUT2D eigenvalue weighted by Gasteiger charge is -2.42. The van der Waals surface area contributed by atoms with Gasteiger partial charge in [-0.3, -0.25) is 0 Å². The van der Waals surface area contributed by atoms with Crippen molar-refractivity contribution < 1.29 is 10.2 Å². The summed E-state index contributed by atoms with van der Waals surface area (Å²) < 4.78 is 0. The first-order chi connectivity index (χ1) is 17.1. The summed E-state index contributed by atoms with van der Waals surface area (Å²) in [5, 5.41) is 19.7. The van der Waals surface area contributed by atoms with Gasteiger partial charge in [-0.25, -0.2) is 0 Å². The van der Waals surface area contributed by atoms with E-state index in [4.69, 9.17) is 0 Å². The molecule has 0 heterocycles. The van der Waals surface area contributed by atoms with Crippen LogP contribution >= 0.6 is 0 Å². The fourth-order valence-electron chi connectivity index (χ4n) is 6.34. The molecule has 2 aromatic carbocycles. The van der Waals surface area contributed by atoms with Gasteiger partial charge in [0.05, 0.1) is 0 Å². The molecule has 1 atom stereocenters. The third-order valence-corrected chi connectivity index (χ3v) is 8.41. The minimum Gasteiger partial charge on any atom is -0.508 e. The number of hydrogen-bond acceptors (Lipinski definition) is 2. The summed E-state index contributed by atoms with van der Waals surface area (Å²) in [5.74, 6) is 1.40. The van der Waals surface area contributed by atoms with Crippen LogP contribution in [0, 0.1) is 5.92 Å². The topological polar surface area (TPSA) is 40.5 Å². The Labute approximate surface area is 215 Å². The molecule has 0 aliphatic heterocycles. The Kier molecular flexibility index (Phi) is 12.0. The van der Waals surface area contributed by atoms with Crippen LogP contribution in [0.15, 0.2) is 48.5 Å². The molecule has 2 N–H and O–H groups in total. The molecule has 1 saturated carbocycles. The van der Waals surface area contributed by atoms with Crippen molar-refractivity contribution in [1.82, 2.24) is 0 Å². The van der Waals surface area contributed by atoms with E-state index in [0.717, 1.165) is 12.3 Å². The second-order valence-electron chi connectivity index (χ2n) is 11.2. The van der Waals surface area contributed by atoms with Gasteiger partial charge in [-0.15, -0.1) is 0 Å². The van der Waals surface area contributed by atoms with E-state index >= 15 is 0 Å². The Hall–Kier alpha value is -1.96. The van der Waals surface area contributed by atoms with E-state index < -0.39 is 0 Å². The fourth-order valence-corrected chi connectivity index (χ4v) is 6.34. The van der Waals surface area contributed by atoms with E-state index in [-0.39, 0.29) is 5.41 Å². The van der Waals surface area contributed by atoms with Gasteiger partial charge in [-0.2, -0.15) is 0 Å². The van der Waals surface area contributed by atoms with E-state index in [2.05, 4.69) is 31.2 Å². The van der Waals surface area contributed by atoms with E-state index in [0.29, 0.717) is 11.5 Å². The highest BCUT2D eigenvalue weighted by atomic mass is 16.3. The van der Waals surface area contributed by atoms with Gasteiger partial charge in [-0.05, 0) is 54.2 Å². The Morgan fingerprint density at radius 2 is 1.06 bits per heavy atom. The van der Waals surface area contributed by atoms with Crippen molar-refractivity contribution in [2.24, 2.45) is 5.92 Å². The van der Waals surface area contributed by atoms with Crippen molar-refractivity contribution in [2.45, 2.75) is 128 Å². The second kappa shape index (κ2) is 15.2. The minimum absolute atomic E-state index is 0.0130. The third kappa shape index (κ3) is 8.89. The Balaban J connectivity index is 1.41. The Bertz CT molecular complexity index is 762. The summed E-state index contributed by atoms with van der Waals surface area (Å²) >= 11 is 0. The van der Waals surface area contributed by atoms with Crippen LogP contribution in [0.2, 0.25) is 0 Å². The number of phenols is 2. The molecule has 1 aliphatic rings. The molecule has 0 amide bonds. The second-order valence-corrected chi connectivity index (χ2v) is 11.2. The largest absolute Gasteiger partial charge is 0.508 e. The molecule has 0 radical (unpaired) electrons. The Morgan fingerprint density at radius 1 is 0.629 bits per heavy atom. The van der Waals surface area contributed by atoms with Crippen LogP contribution in [0.1, 0.15) is 134 Å². The normalized spacial score (nSPS) is 17.5. The number of unbranched alkanes of at least 4 members (excludes halogenated alkanes) is 12. The molecular weight excluding hydrogens is 428 g/mol. The summed E-state index contributed by atoms with van der Waals surface area (Å²) in [6, 6.07) is 15.7. The molecular formula is C33H50O2. The van der Waals surface area contributed by atoms with E-state index in [1.54, 1.807) is 0 Å². The molecule has 2 heteroatoms. The fraction of sp³-hybridized carbons (Fsp3) is 0.636. The number of rotatable bonds is 16. The highest BCUT2D eigenvalue weighted by Gasteiger charge is 2.39. The SMILES string of the molecule is CCCCCCCCCCCCCCCC1CCCC(c2ccc(O)cc2)(c2ccc(O)cc2)C1. The molecule has 2 aromatic rings. The number of hydrogen-bond donors (Lipinski definition) is 2. The molecule has 0 aromatic heterocycles. The van der Waals surface area contributed by atoms with Gasteiger partial charge in [0.1, 0.15) is 11.5 Å². The van der Waals surface area contributed by atoms with Crippen molar-refractivity contribution in [1.29, 1.82) is 0 Å². The standard InChI is InChI=1S/C33H50O2/c1-2-3-4-5-6-7-8-9-10-11-12-13-14-16-28-17-15-26-33(27-28,29-18-22-31(34)23-19-29)30-20-24-32(35)25-21-30/h18-25,28,34-35H,2-17,26-27H2,1H3. The minimum atomic E-state index is -0.0130.